The average Bonchev–Trinajstić information content (AvgIpc) is 3.11. The summed E-state index contributed by atoms with van der Waals surface area (Å²) in [6, 6.07) is 16.2. The molecule has 0 fully saturated rings. The predicted octanol–water partition coefficient (Wildman–Crippen LogP) is 4.16. The molecule has 1 atom stereocenters. The maximum Gasteiger partial charge on any atom is 0.307 e. The summed E-state index contributed by atoms with van der Waals surface area (Å²) in [5, 5.41) is 3.12. The lowest BCUT2D eigenvalue weighted by atomic mass is 10.2. The molecule has 0 saturated heterocycles. The van der Waals surface area contributed by atoms with E-state index >= 15 is 0 Å². The van der Waals surface area contributed by atoms with E-state index in [0.717, 1.165) is 31.4 Å². The van der Waals surface area contributed by atoms with Crippen LogP contribution in [-0.2, 0) is 21.9 Å². The molecule has 1 aliphatic heterocycles. The Bertz CT molecular complexity index is 1630. The zero-order valence-corrected chi connectivity index (χ0v) is 21.1. The number of rotatable bonds is 4. The summed E-state index contributed by atoms with van der Waals surface area (Å²) in [5.74, 6) is -0.287. The summed E-state index contributed by atoms with van der Waals surface area (Å²) in [7, 11) is -2.32. The van der Waals surface area contributed by atoms with Gasteiger partial charge in [-0.2, -0.15) is 0 Å². The van der Waals surface area contributed by atoms with Gasteiger partial charge in [0.25, 0.3) is 15.9 Å². The molecule has 180 valence electrons. The van der Waals surface area contributed by atoms with Crippen LogP contribution in [0.25, 0.3) is 10.2 Å². The van der Waals surface area contributed by atoms with Crippen LogP contribution in [0.15, 0.2) is 70.4 Å². The zero-order valence-electron chi connectivity index (χ0n) is 18.7. The van der Waals surface area contributed by atoms with Gasteiger partial charge in [0, 0.05) is 17.8 Å². The number of carbonyl (C=O) groups excluding carboxylic acids is 1. The fourth-order valence-electron chi connectivity index (χ4n) is 3.86. The number of hydrogen-bond acceptors (Lipinski definition) is 6. The number of benzene rings is 3. The fourth-order valence-corrected chi connectivity index (χ4v) is 6.41. The molecule has 0 unspecified atom stereocenters. The number of carbonyl (C=O) groups is 1. The van der Waals surface area contributed by atoms with Gasteiger partial charge < -0.3 is 14.6 Å². The van der Waals surface area contributed by atoms with Gasteiger partial charge in [0.05, 0.1) is 27.3 Å². The molecule has 4 aromatic rings. The SMILES string of the molecule is Cc1ccc(S(=O)(=O)N2C[C@H](C(=O)Nc3ccc4c(c3)sc(=O)n4C)Oc3ccc(Cl)cc32)cc1. The van der Waals surface area contributed by atoms with Crippen LogP contribution in [0, 0.1) is 6.92 Å². The Balaban J connectivity index is 1.47. The topological polar surface area (TPSA) is 97.7 Å². The first kappa shape index (κ1) is 23.4. The van der Waals surface area contributed by atoms with Crippen molar-refractivity contribution in [3.8, 4) is 5.75 Å². The molecule has 0 bridgehead atoms. The number of sulfonamides is 1. The molecule has 5 rings (SSSR count). The minimum Gasteiger partial charge on any atom is -0.476 e. The van der Waals surface area contributed by atoms with Gasteiger partial charge in [-0.25, -0.2) is 8.42 Å². The number of amides is 1. The van der Waals surface area contributed by atoms with Gasteiger partial charge >= 0.3 is 4.87 Å². The lowest BCUT2D eigenvalue weighted by Gasteiger charge is -2.34. The molecule has 0 aliphatic carbocycles. The van der Waals surface area contributed by atoms with Crippen molar-refractivity contribution in [2.45, 2.75) is 17.9 Å². The number of aromatic nitrogens is 1. The fraction of sp³-hybridized carbons (Fsp3) is 0.167. The van der Waals surface area contributed by atoms with Crippen LogP contribution in [-0.4, -0.2) is 31.5 Å². The Hall–Kier alpha value is -3.34. The minimum absolute atomic E-state index is 0.0968. The van der Waals surface area contributed by atoms with Gasteiger partial charge in [0.1, 0.15) is 5.75 Å². The second-order valence-electron chi connectivity index (χ2n) is 8.17. The van der Waals surface area contributed by atoms with Crippen molar-refractivity contribution < 1.29 is 17.9 Å². The summed E-state index contributed by atoms with van der Waals surface area (Å²) in [4.78, 5) is 25.1. The molecule has 1 aromatic heterocycles. The molecule has 2 heterocycles. The molecule has 0 radical (unpaired) electrons. The van der Waals surface area contributed by atoms with Crippen LogP contribution in [0.2, 0.25) is 5.02 Å². The Labute approximate surface area is 210 Å². The Morgan fingerprint density at radius 3 is 2.60 bits per heavy atom. The number of thiazole rings is 1. The van der Waals surface area contributed by atoms with Gasteiger partial charge in [-0.1, -0.05) is 40.6 Å². The monoisotopic (exact) mass is 529 g/mol. The Morgan fingerprint density at radius 2 is 1.86 bits per heavy atom. The maximum absolute atomic E-state index is 13.5. The standard InChI is InChI=1S/C24H20ClN3O5S2/c1-14-3-7-17(8-4-14)35(31,32)28-13-21(33-20-10-5-15(25)11-19(20)28)23(29)26-16-6-9-18-22(12-16)34-24(30)27(18)2/h3-12,21H,13H2,1-2H3,(H,26,29)/t21-/m1/s1. The molecule has 3 aromatic carbocycles. The van der Waals surface area contributed by atoms with Crippen LogP contribution in [0.4, 0.5) is 11.4 Å². The van der Waals surface area contributed by atoms with Crippen molar-refractivity contribution in [1.29, 1.82) is 0 Å². The Kier molecular flexibility index (Phi) is 5.82. The van der Waals surface area contributed by atoms with Crippen molar-refractivity contribution in [2.75, 3.05) is 16.2 Å². The molecular formula is C24H20ClN3O5S2. The van der Waals surface area contributed by atoms with E-state index in [1.54, 1.807) is 49.5 Å². The quantitative estimate of drug-likeness (QED) is 0.428. The number of nitrogens with one attached hydrogen (secondary N) is 1. The highest BCUT2D eigenvalue weighted by atomic mass is 35.5. The lowest BCUT2D eigenvalue weighted by molar-refractivity contribution is -0.122. The van der Waals surface area contributed by atoms with Crippen molar-refractivity contribution in [1.82, 2.24) is 4.57 Å². The summed E-state index contributed by atoms with van der Waals surface area (Å²) in [5.41, 5.74) is 2.42. The number of aryl methyl sites for hydroxylation is 2. The van der Waals surface area contributed by atoms with Crippen LogP contribution >= 0.6 is 22.9 Å². The first-order valence-corrected chi connectivity index (χ1v) is 13.2. The van der Waals surface area contributed by atoms with Gasteiger partial charge in [-0.05, 0) is 55.5 Å². The van der Waals surface area contributed by atoms with Crippen molar-refractivity contribution in [3.05, 3.63) is 80.9 Å². The van der Waals surface area contributed by atoms with Gasteiger partial charge in [0.15, 0.2) is 6.10 Å². The van der Waals surface area contributed by atoms with E-state index < -0.39 is 22.0 Å². The maximum atomic E-state index is 13.5. The van der Waals surface area contributed by atoms with E-state index in [4.69, 9.17) is 16.3 Å². The smallest absolute Gasteiger partial charge is 0.307 e. The number of nitrogens with zero attached hydrogens (tertiary/aromatic N) is 2. The molecule has 1 amide bonds. The number of fused-ring (bicyclic) bond motifs is 2. The number of anilines is 2. The highest BCUT2D eigenvalue weighted by molar-refractivity contribution is 7.92. The van der Waals surface area contributed by atoms with Crippen molar-refractivity contribution in [3.63, 3.8) is 0 Å². The normalized spacial score (nSPS) is 15.5. The third-order valence-corrected chi connectivity index (χ3v) is 8.78. The highest BCUT2D eigenvalue weighted by Gasteiger charge is 2.37. The van der Waals surface area contributed by atoms with Crippen LogP contribution in [0.5, 0.6) is 5.75 Å². The van der Waals surface area contributed by atoms with Crippen LogP contribution in [0.1, 0.15) is 5.56 Å². The molecule has 11 heteroatoms. The first-order valence-electron chi connectivity index (χ1n) is 10.6. The van der Waals surface area contributed by atoms with Gasteiger partial charge in [0.2, 0.25) is 0 Å². The second kappa shape index (κ2) is 8.71. The predicted molar refractivity (Wildman–Crippen MR) is 137 cm³/mol. The van der Waals surface area contributed by atoms with Crippen molar-refractivity contribution in [2.24, 2.45) is 7.05 Å². The number of halogens is 1. The summed E-state index contributed by atoms with van der Waals surface area (Å²) in [6.45, 7) is 1.63. The first-order chi connectivity index (χ1) is 16.6. The van der Waals surface area contributed by atoms with E-state index in [0.29, 0.717) is 10.7 Å². The van der Waals surface area contributed by atoms with Gasteiger partial charge in [-0.3, -0.25) is 13.9 Å². The molecule has 1 aliphatic rings. The van der Waals surface area contributed by atoms with E-state index in [2.05, 4.69) is 5.32 Å². The zero-order chi connectivity index (χ0) is 24.9. The summed E-state index contributed by atoms with van der Waals surface area (Å²) >= 11 is 7.22. The van der Waals surface area contributed by atoms with E-state index in [1.807, 2.05) is 6.92 Å². The summed E-state index contributed by atoms with van der Waals surface area (Å²) < 4.78 is 36.4. The molecule has 0 saturated carbocycles. The van der Waals surface area contributed by atoms with E-state index in [-0.39, 0.29) is 27.8 Å². The number of ether oxygens (including phenoxy) is 1. The minimum atomic E-state index is -4.00. The molecule has 35 heavy (non-hydrogen) atoms. The lowest BCUT2D eigenvalue weighted by Crippen LogP contribution is -2.48. The molecule has 0 spiro atoms. The Morgan fingerprint density at radius 1 is 1.11 bits per heavy atom. The summed E-state index contributed by atoms with van der Waals surface area (Å²) in [6.07, 6.45) is -1.12. The third kappa shape index (κ3) is 4.29. The van der Waals surface area contributed by atoms with E-state index in [1.165, 1.54) is 22.8 Å². The highest BCUT2D eigenvalue weighted by Crippen LogP contribution is 2.39. The average molecular weight is 530 g/mol. The van der Waals surface area contributed by atoms with Gasteiger partial charge in [-0.15, -0.1) is 0 Å². The molecular weight excluding hydrogens is 510 g/mol. The van der Waals surface area contributed by atoms with Crippen LogP contribution < -0.4 is 19.2 Å². The molecule has 8 nitrogen and oxygen atoms in total. The second-order valence-corrected chi connectivity index (χ2v) is 11.5. The third-order valence-electron chi connectivity index (χ3n) is 5.75. The van der Waals surface area contributed by atoms with E-state index in [9.17, 15) is 18.0 Å². The van der Waals surface area contributed by atoms with Crippen molar-refractivity contribution >= 4 is 60.5 Å². The number of hydrogen-bond donors (Lipinski definition) is 1. The van der Waals surface area contributed by atoms with Crippen LogP contribution in [0.3, 0.4) is 0 Å². The molecule has 1 N–H and O–H groups in total. The largest absolute Gasteiger partial charge is 0.476 e.